The van der Waals surface area contributed by atoms with Crippen LogP contribution in [0.5, 0.6) is 0 Å². The van der Waals surface area contributed by atoms with E-state index in [0.717, 1.165) is 32.2 Å². The Morgan fingerprint density at radius 1 is 1.38 bits per heavy atom. The molecule has 6 heteroatoms. The summed E-state index contributed by atoms with van der Waals surface area (Å²) in [5.74, 6) is 0.987. The third-order valence-electron chi connectivity index (χ3n) is 2.97. The highest BCUT2D eigenvalue weighted by molar-refractivity contribution is 5.93. The Bertz CT molecular complexity index is 393. The predicted molar refractivity (Wildman–Crippen MR) is 55.9 cm³/mol. The number of nitrogens with zero attached hydrogens (tertiary/aromatic N) is 2. The van der Waals surface area contributed by atoms with Crippen molar-refractivity contribution in [1.82, 2.24) is 15.5 Å². The molecular weight excluding hydrogens is 208 g/mol. The number of carbonyl (C=O) groups is 1. The number of nitrogens with one attached hydrogen (secondary N) is 2. The van der Waals surface area contributed by atoms with Gasteiger partial charge in [0.1, 0.15) is 0 Å². The molecule has 2 heterocycles. The molecule has 2 fully saturated rings. The van der Waals surface area contributed by atoms with Gasteiger partial charge in [0, 0.05) is 5.92 Å². The van der Waals surface area contributed by atoms with Gasteiger partial charge in [-0.3, -0.25) is 10.1 Å². The molecule has 0 unspecified atom stereocenters. The van der Waals surface area contributed by atoms with Crippen LogP contribution in [0.3, 0.4) is 0 Å². The first kappa shape index (κ1) is 9.77. The molecule has 1 saturated heterocycles. The lowest BCUT2D eigenvalue weighted by atomic mass is 10.2. The zero-order chi connectivity index (χ0) is 11.0. The zero-order valence-corrected chi connectivity index (χ0v) is 8.90. The Morgan fingerprint density at radius 2 is 2.25 bits per heavy atom. The van der Waals surface area contributed by atoms with E-state index in [4.69, 9.17) is 4.42 Å². The standard InChI is InChI=1S/C10H14N4O2/c15-8(7-2-1-5-11-7)12-10-14-13-9(16-10)6-3-4-6/h6-7,11H,1-5H2,(H,12,14,15)/t7-/m1/s1. The summed E-state index contributed by atoms with van der Waals surface area (Å²) in [5, 5.41) is 13.5. The third kappa shape index (κ3) is 1.92. The van der Waals surface area contributed by atoms with Crippen LogP contribution in [0.2, 0.25) is 0 Å². The average molecular weight is 222 g/mol. The molecule has 1 aliphatic carbocycles. The van der Waals surface area contributed by atoms with Gasteiger partial charge in [-0.15, -0.1) is 5.10 Å². The van der Waals surface area contributed by atoms with Gasteiger partial charge in [-0.2, -0.15) is 0 Å². The molecule has 0 spiro atoms. The van der Waals surface area contributed by atoms with Crippen LogP contribution in [0, 0.1) is 0 Å². The van der Waals surface area contributed by atoms with Crippen LogP contribution < -0.4 is 10.6 Å². The zero-order valence-electron chi connectivity index (χ0n) is 8.90. The summed E-state index contributed by atoms with van der Waals surface area (Å²) < 4.78 is 5.36. The van der Waals surface area contributed by atoms with E-state index in [1.165, 1.54) is 0 Å². The fourth-order valence-electron chi connectivity index (χ4n) is 1.88. The molecule has 16 heavy (non-hydrogen) atoms. The summed E-state index contributed by atoms with van der Waals surface area (Å²) in [6.07, 6.45) is 4.13. The largest absolute Gasteiger partial charge is 0.408 e. The second-order valence-corrected chi connectivity index (χ2v) is 4.36. The molecule has 2 aliphatic rings. The maximum absolute atomic E-state index is 11.7. The van der Waals surface area contributed by atoms with Crippen LogP contribution in [-0.4, -0.2) is 28.7 Å². The third-order valence-corrected chi connectivity index (χ3v) is 2.97. The van der Waals surface area contributed by atoms with Gasteiger partial charge in [0.15, 0.2) is 0 Å². The van der Waals surface area contributed by atoms with Crippen LogP contribution in [0.15, 0.2) is 4.42 Å². The van der Waals surface area contributed by atoms with Gasteiger partial charge in [-0.05, 0) is 32.2 Å². The Hall–Kier alpha value is -1.43. The van der Waals surface area contributed by atoms with Crippen molar-refractivity contribution in [3.05, 3.63) is 5.89 Å². The lowest BCUT2D eigenvalue weighted by molar-refractivity contribution is -0.117. The molecule has 0 aromatic carbocycles. The van der Waals surface area contributed by atoms with Gasteiger partial charge in [-0.1, -0.05) is 5.10 Å². The van der Waals surface area contributed by atoms with Crippen molar-refractivity contribution < 1.29 is 9.21 Å². The summed E-state index contributed by atoms with van der Waals surface area (Å²) in [6.45, 7) is 0.898. The molecule has 1 amide bonds. The maximum atomic E-state index is 11.7. The van der Waals surface area contributed by atoms with Crippen LogP contribution in [0.25, 0.3) is 0 Å². The van der Waals surface area contributed by atoms with E-state index >= 15 is 0 Å². The molecule has 1 saturated carbocycles. The fourth-order valence-corrected chi connectivity index (χ4v) is 1.88. The van der Waals surface area contributed by atoms with E-state index in [0.29, 0.717) is 11.8 Å². The van der Waals surface area contributed by atoms with Crippen LogP contribution in [0.1, 0.15) is 37.5 Å². The van der Waals surface area contributed by atoms with Gasteiger partial charge in [0.25, 0.3) is 0 Å². The highest BCUT2D eigenvalue weighted by Crippen LogP contribution is 2.39. The lowest BCUT2D eigenvalue weighted by Crippen LogP contribution is -2.35. The monoisotopic (exact) mass is 222 g/mol. The molecule has 1 aliphatic heterocycles. The number of anilines is 1. The first-order valence-electron chi connectivity index (χ1n) is 5.70. The molecule has 3 rings (SSSR count). The predicted octanol–water partition coefficient (Wildman–Crippen LogP) is 0.637. The van der Waals surface area contributed by atoms with Crippen LogP contribution in [0.4, 0.5) is 6.01 Å². The first-order valence-corrected chi connectivity index (χ1v) is 5.70. The number of rotatable bonds is 3. The van der Waals surface area contributed by atoms with E-state index < -0.39 is 0 Å². The average Bonchev–Trinajstić information content (AvgIpc) is 2.82. The Labute approximate surface area is 92.8 Å². The molecule has 1 aromatic rings. The highest BCUT2D eigenvalue weighted by atomic mass is 16.4. The van der Waals surface area contributed by atoms with Crippen molar-refractivity contribution in [1.29, 1.82) is 0 Å². The van der Waals surface area contributed by atoms with E-state index in [1.54, 1.807) is 0 Å². The second-order valence-electron chi connectivity index (χ2n) is 4.36. The summed E-state index contributed by atoms with van der Waals surface area (Å²) in [7, 11) is 0. The second kappa shape index (κ2) is 3.86. The minimum absolute atomic E-state index is 0.0801. The molecule has 1 aromatic heterocycles. The number of hydrogen-bond donors (Lipinski definition) is 2. The topological polar surface area (TPSA) is 80.1 Å². The van der Waals surface area contributed by atoms with E-state index in [1.807, 2.05) is 0 Å². The smallest absolute Gasteiger partial charge is 0.322 e. The van der Waals surface area contributed by atoms with Gasteiger partial charge >= 0.3 is 6.01 Å². The number of aromatic nitrogens is 2. The first-order chi connectivity index (χ1) is 7.83. The highest BCUT2D eigenvalue weighted by Gasteiger charge is 2.30. The quantitative estimate of drug-likeness (QED) is 0.784. The Balaban J connectivity index is 1.61. The fraction of sp³-hybridized carbons (Fsp3) is 0.700. The molecule has 86 valence electrons. The number of carbonyl (C=O) groups excluding carboxylic acids is 1. The van der Waals surface area contributed by atoms with Crippen molar-refractivity contribution in [3.8, 4) is 0 Å². The van der Waals surface area contributed by atoms with E-state index in [2.05, 4.69) is 20.8 Å². The molecular formula is C10H14N4O2. The Morgan fingerprint density at radius 3 is 2.94 bits per heavy atom. The van der Waals surface area contributed by atoms with Crippen molar-refractivity contribution in [3.63, 3.8) is 0 Å². The molecule has 6 nitrogen and oxygen atoms in total. The summed E-state index contributed by atoms with van der Waals surface area (Å²) in [4.78, 5) is 11.7. The maximum Gasteiger partial charge on any atom is 0.322 e. The summed E-state index contributed by atoms with van der Waals surface area (Å²) >= 11 is 0. The van der Waals surface area contributed by atoms with Crippen LogP contribution >= 0.6 is 0 Å². The summed E-state index contributed by atoms with van der Waals surface area (Å²) in [5.41, 5.74) is 0. The molecule has 0 bridgehead atoms. The minimum Gasteiger partial charge on any atom is -0.408 e. The van der Waals surface area contributed by atoms with Crippen LogP contribution in [-0.2, 0) is 4.79 Å². The van der Waals surface area contributed by atoms with E-state index in [-0.39, 0.29) is 18.0 Å². The van der Waals surface area contributed by atoms with Gasteiger partial charge < -0.3 is 9.73 Å². The SMILES string of the molecule is O=C(Nc1nnc(C2CC2)o1)[C@H]1CCCN1. The van der Waals surface area contributed by atoms with Crippen molar-refractivity contribution >= 4 is 11.9 Å². The van der Waals surface area contributed by atoms with Gasteiger partial charge in [0.05, 0.1) is 6.04 Å². The van der Waals surface area contributed by atoms with Gasteiger partial charge in [-0.25, -0.2) is 0 Å². The van der Waals surface area contributed by atoms with Gasteiger partial charge in [0.2, 0.25) is 11.8 Å². The molecule has 1 atom stereocenters. The minimum atomic E-state index is -0.115. The van der Waals surface area contributed by atoms with Crippen molar-refractivity contribution in [2.45, 2.75) is 37.6 Å². The summed E-state index contributed by atoms with van der Waals surface area (Å²) in [6, 6.07) is 0.108. The number of amides is 1. The van der Waals surface area contributed by atoms with Crippen molar-refractivity contribution in [2.75, 3.05) is 11.9 Å². The molecule has 0 radical (unpaired) electrons. The lowest BCUT2D eigenvalue weighted by Gasteiger charge is -2.07. The van der Waals surface area contributed by atoms with Crippen molar-refractivity contribution in [2.24, 2.45) is 0 Å². The Kier molecular flexibility index (Phi) is 2.36. The van der Waals surface area contributed by atoms with E-state index in [9.17, 15) is 4.79 Å². The number of hydrogen-bond acceptors (Lipinski definition) is 5. The molecule has 2 N–H and O–H groups in total. The normalized spacial score (nSPS) is 24.6.